The number of nitrogens with zero attached hydrogens (tertiary/aromatic N) is 2. The molecule has 2 unspecified atom stereocenters. The highest BCUT2D eigenvalue weighted by Gasteiger charge is 2.51. The Morgan fingerprint density at radius 2 is 1.51 bits per heavy atom. The van der Waals surface area contributed by atoms with Gasteiger partial charge in [-0.15, -0.1) is 12.4 Å². The molecule has 2 aliphatic rings. The van der Waals surface area contributed by atoms with E-state index < -0.39 is 78.9 Å². The van der Waals surface area contributed by atoms with E-state index in [0.29, 0.717) is 12.2 Å². The number of para-hydroxylation sites is 1. The predicted molar refractivity (Wildman–Crippen MR) is 183 cm³/mol. The van der Waals surface area contributed by atoms with Gasteiger partial charge in [-0.3, -0.25) is 4.99 Å². The van der Waals surface area contributed by atoms with Crippen LogP contribution in [0.5, 0.6) is 5.75 Å². The second-order valence-electron chi connectivity index (χ2n) is 11.4. The average Bonchev–Trinajstić information content (AvgIpc) is 3.09. The number of methoxy groups -OCH3 is 1. The van der Waals surface area contributed by atoms with Crippen molar-refractivity contribution >= 4 is 35.9 Å². The van der Waals surface area contributed by atoms with Crippen LogP contribution in [0.3, 0.4) is 0 Å². The van der Waals surface area contributed by atoms with Crippen LogP contribution in [0.4, 0.5) is 0 Å². The first-order chi connectivity index (χ1) is 23.2. The fourth-order valence-corrected chi connectivity index (χ4v) is 5.16. The molecule has 19 heteroatoms. The SMILES string of the molecule is CO/N=C(/C(=O)OC)c1ccccc1COc1ccccc1C.C[C@H]1O[C@H](OC2[C@@H](O)[C@@H](O)C(O)[C@H](O)[C@H]2O)[C@@H](N)C[C@@H]1N=C(N)C(=O)O.Cl.O. The van der Waals surface area contributed by atoms with Crippen LogP contribution in [-0.4, -0.2) is 135 Å². The number of carboxylic acid groups (broad SMARTS) is 1. The van der Waals surface area contributed by atoms with Crippen molar-refractivity contribution in [2.24, 2.45) is 21.6 Å². The zero-order valence-corrected chi connectivity index (χ0v) is 29.1. The van der Waals surface area contributed by atoms with E-state index >= 15 is 0 Å². The van der Waals surface area contributed by atoms with Gasteiger partial charge in [0.2, 0.25) is 5.84 Å². The Hall–Kier alpha value is -3.95. The molecule has 2 aromatic rings. The number of aliphatic imine (C=N–C) groups is 1. The van der Waals surface area contributed by atoms with Gasteiger partial charge in [0.15, 0.2) is 12.0 Å². The fraction of sp³-hybridized carbons (Fsp3) is 0.500. The molecule has 12 N–H and O–H groups in total. The molecular formula is C32H47ClN4O14. The summed E-state index contributed by atoms with van der Waals surface area (Å²) in [5.41, 5.74) is 13.8. The van der Waals surface area contributed by atoms with Crippen LogP contribution in [0.25, 0.3) is 0 Å². The second kappa shape index (κ2) is 20.8. The third-order valence-electron chi connectivity index (χ3n) is 7.95. The monoisotopic (exact) mass is 746 g/mol. The minimum absolute atomic E-state index is 0. The lowest BCUT2D eigenvalue weighted by molar-refractivity contribution is -0.293. The standard InChI is InChI=1S/C18H19NO4.C14H25N3O9.ClH.H2O/c1-13-8-4-7-11-16(13)23-12-14-9-5-6-10-15(14)17(19-22-3)18(20)21-2;1-3-5(17-12(16)13(23)24)2-4(15)14(25-3)26-11-9(21)7(19)6(18)8(20)10(11)22;;/h4-11H,12H2,1-3H3;3-11,14,18-22H,2,15H2,1H3,(H2,16,17)(H,23,24);1H;1H2/b19-17+;;;/t;3-,4+,5+,6?,7+,8+,9-,10+,11?,14-;;/m.1../s1. The molecule has 1 aliphatic carbocycles. The minimum atomic E-state index is -1.74. The van der Waals surface area contributed by atoms with Crippen molar-refractivity contribution in [1.29, 1.82) is 0 Å². The quantitative estimate of drug-likeness (QED) is 0.0605. The number of hydrogen-bond acceptors (Lipinski definition) is 15. The first-order valence-electron chi connectivity index (χ1n) is 15.2. The molecule has 1 saturated carbocycles. The molecule has 0 amide bonds. The lowest BCUT2D eigenvalue weighted by Crippen LogP contribution is -2.66. The maximum atomic E-state index is 11.9. The van der Waals surface area contributed by atoms with Crippen molar-refractivity contribution in [3.05, 3.63) is 65.2 Å². The summed E-state index contributed by atoms with van der Waals surface area (Å²) in [5.74, 6) is -1.73. The van der Waals surface area contributed by atoms with Gasteiger partial charge in [0.25, 0.3) is 0 Å². The molecule has 286 valence electrons. The fourth-order valence-electron chi connectivity index (χ4n) is 5.16. The summed E-state index contributed by atoms with van der Waals surface area (Å²) in [6, 6.07) is 13.7. The number of ether oxygens (including phenoxy) is 4. The van der Waals surface area contributed by atoms with Crippen LogP contribution in [0.15, 0.2) is 58.7 Å². The zero-order chi connectivity index (χ0) is 36.4. The smallest absolute Gasteiger partial charge is 0.370 e. The maximum Gasteiger partial charge on any atom is 0.370 e. The topological polar surface area (TPSA) is 310 Å². The van der Waals surface area contributed by atoms with Crippen LogP contribution in [-0.2, 0) is 35.2 Å². The number of rotatable bonds is 9. The number of esters is 1. The van der Waals surface area contributed by atoms with Gasteiger partial charge in [0, 0.05) is 5.56 Å². The highest BCUT2D eigenvalue weighted by Crippen LogP contribution is 2.29. The van der Waals surface area contributed by atoms with Gasteiger partial charge >= 0.3 is 11.9 Å². The van der Waals surface area contributed by atoms with Crippen molar-refractivity contribution in [3.8, 4) is 5.75 Å². The number of benzene rings is 2. The van der Waals surface area contributed by atoms with E-state index in [0.717, 1.165) is 16.9 Å². The summed E-state index contributed by atoms with van der Waals surface area (Å²) >= 11 is 0. The van der Waals surface area contributed by atoms with Crippen LogP contribution in [0.1, 0.15) is 30.0 Å². The van der Waals surface area contributed by atoms with Gasteiger partial charge in [-0.05, 0) is 37.5 Å². The zero-order valence-electron chi connectivity index (χ0n) is 28.3. The predicted octanol–water partition coefficient (Wildman–Crippen LogP) is -1.84. The van der Waals surface area contributed by atoms with Gasteiger partial charge in [-0.25, -0.2) is 9.59 Å². The third-order valence-corrected chi connectivity index (χ3v) is 7.95. The molecule has 1 aliphatic heterocycles. The number of amidine groups is 1. The number of aryl methyl sites for hydroxylation is 1. The molecule has 2 aromatic carbocycles. The molecule has 0 radical (unpaired) electrons. The molecule has 1 heterocycles. The summed E-state index contributed by atoms with van der Waals surface area (Å²) in [7, 11) is 2.69. The van der Waals surface area contributed by atoms with Crippen molar-refractivity contribution in [2.45, 2.75) is 88.0 Å². The van der Waals surface area contributed by atoms with Crippen molar-refractivity contribution in [1.82, 2.24) is 0 Å². The molecule has 0 spiro atoms. The van der Waals surface area contributed by atoms with Crippen LogP contribution >= 0.6 is 12.4 Å². The van der Waals surface area contributed by atoms with Crippen molar-refractivity contribution in [2.75, 3.05) is 14.2 Å². The number of carboxylic acids is 1. The first kappa shape index (κ1) is 45.1. The molecule has 4 rings (SSSR count). The van der Waals surface area contributed by atoms with Crippen molar-refractivity contribution in [3.63, 3.8) is 0 Å². The lowest BCUT2D eigenvalue weighted by atomic mass is 9.84. The second-order valence-corrected chi connectivity index (χ2v) is 11.4. The van der Waals surface area contributed by atoms with E-state index in [9.17, 15) is 35.1 Å². The van der Waals surface area contributed by atoms with Gasteiger partial charge in [-0.1, -0.05) is 47.6 Å². The van der Waals surface area contributed by atoms with Gasteiger partial charge in [0.1, 0.15) is 56.1 Å². The van der Waals surface area contributed by atoms with Crippen LogP contribution in [0.2, 0.25) is 0 Å². The Balaban J connectivity index is 0.000000494. The molecule has 2 fully saturated rings. The highest BCUT2D eigenvalue weighted by atomic mass is 35.5. The highest BCUT2D eigenvalue weighted by molar-refractivity contribution is 6.43. The number of aliphatic carboxylic acids is 1. The van der Waals surface area contributed by atoms with E-state index in [1.165, 1.54) is 14.2 Å². The van der Waals surface area contributed by atoms with E-state index in [4.69, 9.17) is 40.4 Å². The first-order valence-corrected chi connectivity index (χ1v) is 15.2. The molecule has 1 saturated heterocycles. The molecule has 10 atom stereocenters. The Morgan fingerprint density at radius 1 is 0.941 bits per heavy atom. The third kappa shape index (κ3) is 11.5. The molecule has 18 nitrogen and oxygen atoms in total. The summed E-state index contributed by atoms with van der Waals surface area (Å²) in [4.78, 5) is 31.3. The number of aliphatic hydroxyl groups is 5. The largest absolute Gasteiger partial charge is 0.489 e. The van der Waals surface area contributed by atoms with Gasteiger partial charge in [0.05, 0.1) is 25.3 Å². The Labute approximate surface area is 299 Å². The number of nitrogens with two attached hydrogens (primary N) is 2. The summed E-state index contributed by atoms with van der Waals surface area (Å²) in [6.07, 6.45) is -11.7. The number of halogens is 1. The van der Waals surface area contributed by atoms with E-state index in [1.807, 2.05) is 49.4 Å². The average molecular weight is 747 g/mol. The van der Waals surface area contributed by atoms with Gasteiger partial charge in [-0.2, -0.15) is 0 Å². The van der Waals surface area contributed by atoms with Crippen LogP contribution < -0.4 is 16.2 Å². The lowest BCUT2D eigenvalue weighted by Gasteiger charge is -2.45. The summed E-state index contributed by atoms with van der Waals surface area (Å²) in [6.45, 7) is 3.88. The van der Waals surface area contributed by atoms with Crippen LogP contribution in [0, 0.1) is 6.92 Å². The van der Waals surface area contributed by atoms with Gasteiger partial charge < -0.3 is 71.4 Å². The van der Waals surface area contributed by atoms with E-state index in [1.54, 1.807) is 13.0 Å². The molecule has 51 heavy (non-hydrogen) atoms. The number of hydrogen-bond donors (Lipinski definition) is 8. The maximum absolute atomic E-state index is 11.9. The Kier molecular flexibility index (Phi) is 18.4. The minimum Gasteiger partial charge on any atom is -0.489 e. The summed E-state index contributed by atoms with van der Waals surface area (Å²) < 4.78 is 21.6. The molecular weight excluding hydrogens is 700 g/mol. The normalized spacial score (nSPS) is 29.2. The number of carbonyl (C=O) groups is 2. The van der Waals surface area contributed by atoms with Crippen molar-refractivity contribution < 1.29 is 69.5 Å². The molecule has 0 bridgehead atoms. The summed E-state index contributed by atoms with van der Waals surface area (Å²) in [5, 5.41) is 61.6. The van der Waals surface area contributed by atoms with E-state index in [-0.39, 0.29) is 30.0 Å². The Morgan fingerprint density at radius 3 is 2.08 bits per heavy atom. The number of oxime groups is 1. The molecule has 0 aromatic heterocycles. The number of carbonyl (C=O) groups excluding carboxylic acids is 1. The van der Waals surface area contributed by atoms with E-state index in [2.05, 4.69) is 10.1 Å². The number of aliphatic hydroxyl groups excluding tert-OH is 5. The Bertz CT molecular complexity index is 1470.